The number of benzene rings is 1. The number of sulfonamides is 1. The molecule has 1 aromatic heterocycles. The smallest absolute Gasteiger partial charge is 0.271 e. The van der Waals surface area contributed by atoms with Gasteiger partial charge >= 0.3 is 0 Å². The number of ether oxygens (including phenoxy) is 1. The van der Waals surface area contributed by atoms with Crippen molar-refractivity contribution in [2.75, 3.05) is 17.1 Å². The fourth-order valence-electron chi connectivity index (χ4n) is 1.71. The lowest BCUT2D eigenvalue weighted by Crippen LogP contribution is -2.13. The second kappa shape index (κ2) is 6.36. The van der Waals surface area contributed by atoms with E-state index in [0.29, 0.717) is 23.7 Å². The van der Waals surface area contributed by atoms with Gasteiger partial charge in [-0.25, -0.2) is 8.42 Å². The Morgan fingerprint density at radius 2 is 2.10 bits per heavy atom. The van der Waals surface area contributed by atoms with E-state index in [1.807, 2.05) is 26.0 Å². The van der Waals surface area contributed by atoms with Crippen molar-refractivity contribution in [2.24, 2.45) is 0 Å². The van der Waals surface area contributed by atoms with Crippen molar-refractivity contribution in [3.05, 3.63) is 35.2 Å². The summed E-state index contributed by atoms with van der Waals surface area (Å²) in [6, 6.07) is 6.79. The highest BCUT2D eigenvalue weighted by molar-refractivity contribution is 7.94. The van der Waals surface area contributed by atoms with E-state index >= 15 is 0 Å². The van der Waals surface area contributed by atoms with E-state index in [0.717, 1.165) is 23.3 Å². The molecule has 7 heteroatoms. The van der Waals surface area contributed by atoms with Crippen molar-refractivity contribution in [1.82, 2.24) is 0 Å². The quantitative estimate of drug-likeness (QED) is 0.854. The second-order valence-electron chi connectivity index (χ2n) is 4.65. The molecular weight excluding hydrogens is 308 g/mol. The molecule has 0 saturated heterocycles. The van der Waals surface area contributed by atoms with Crippen molar-refractivity contribution in [2.45, 2.75) is 24.5 Å². The summed E-state index contributed by atoms with van der Waals surface area (Å²) in [7, 11) is -3.64. The van der Waals surface area contributed by atoms with E-state index in [4.69, 9.17) is 10.5 Å². The molecule has 0 fully saturated rings. The summed E-state index contributed by atoms with van der Waals surface area (Å²) in [5.41, 5.74) is 7.45. The van der Waals surface area contributed by atoms with Gasteiger partial charge < -0.3 is 10.5 Å². The minimum atomic E-state index is -3.64. The summed E-state index contributed by atoms with van der Waals surface area (Å²) in [6.45, 7) is 4.45. The first-order valence-corrected chi connectivity index (χ1v) is 8.89. The predicted molar refractivity (Wildman–Crippen MR) is 86.5 cm³/mol. The van der Waals surface area contributed by atoms with Crippen LogP contribution in [-0.4, -0.2) is 15.0 Å². The minimum absolute atomic E-state index is 0.182. The number of nitrogens with one attached hydrogen (secondary N) is 1. The van der Waals surface area contributed by atoms with Gasteiger partial charge in [-0.3, -0.25) is 4.72 Å². The Kier molecular flexibility index (Phi) is 4.74. The van der Waals surface area contributed by atoms with Crippen LogP contribution in [0.25, 0.3) is 0 Å². The maximum absolute atomic E-state index is 12.3. The molecule has 5 nitrogen and oxygen atoms in total. The van der Waals surface area contributed by atoms with Crippen LogP contribution < -0.4 is 15.2 Å². The third kappa shape index (κ3) is 3.89. The average Bonchev–Trinajstić information content (AvgIpc) is 2.86. The lowest BCUT2D eigenvalue weighted by Gasteiger charge is -2.13. The number of hydrogen-bond donors (Lipinski definition) is 2. The van der Waals surface area contributed by atoms with Gasteiger partial charge in [0.05, 0.1) is 12.3 Å². The Bertz CT molecular complexity index is 724. The lowest BCUT2D eigenvalue weighted by atomic mass is 10.2. The van der Waals surface area contributed by atoms with Crippen molar-refractivity contribution in [3.63, 3.8) is 0 Å². The highest BCUT2D eigenvalue weighted by atomic mass is 32.2. The molecule has 0 saturated carbocycles. The van der Waals surface area contributed by atoms with Crippen molar-refractivity contribution >= 4 is 32.7 Å². The monoisotopic (exact) mass is 326 g/mol. The number of nitrogen functional groups attached to an aromatic ring is 1. The summed E-state index contributed by atoms with van der Waals surface area (Å²) in [5.74, 6) is 0.532. The molecule has 0 bridgehead atoms. The maximum atomic E-state index is 12.3. The molecule has 1 heterocycles. The van der Waals surface area contributed by atoms with E-state index in [9.17, 15) is 8.42 Å². The normalized spacial score (nSPS) is 11.3. The number of thiophene rings is 1. The Hall–Kier alpha value is -1.73. The largest absolute Gasteiger partial charge is 0.491 e. The molecule has 0 aliphatic rings. The molecule has 2 aromatic rings. The van der Waals surface area contributed by atoms with Crippen molar-refractivity contribution in [3.8, 4) is 5.75 Å². The number of nitrogens with two attached hydrogens (primary N) is 1. The summed E-state index contributed by atoms with van der Waals surface area (Å²) < 4.78 is 33.0. The van der Waals surface area contributed by atoms with E-state index in [1.54, 1.807) is 11.4 Å². The molecule has 1 aromatic carbocycles. The third-order valence-corrected chi connectivity index (χ3v) is 5.53. The third-order valence-electron chi connectivity index (χ3n) is 2.70. The highest BCUT2D eigenvalue weighted by Crippen LogP contribution is 2.30. The molecule has 114 valence electrons. The molecule has 2 rings (SSSR count). The Morgan fingerprint density at radius 1 is 1.33 bits per heavy atom. The molecule has 0 atom stereocenters. The zero-order valence-corrected chi connectivity index (χ0v) is 13.6. The van der Waals surface area contributed by atoms with Crippen molar-refractivity contribution < 1.29 is 13.2 Å². The summed E-state index contributed by atoms with van der Waals surface area (Å²) >= 11 is 1.09. The van der Waals surface area contributed by atoms with Gasteiger partial charge in [-0.1, -0.05) is 13.0 Å². The maximum Gasteiger partial charge on any atom is 0.271 e. The molecule has 0 aliphatic carbocycles. The van der Waals surface area contributed by atoms with Gasteiger partial charge in [0.1, 0.15) is 9.96 Å². The zero-order valence-electron chi connectivity index (χ0n) is 11.9. The summed E-state index contributed by atoms with van der Waals surface area (Å²) in [6.07, 6.45) is 0.849. The SMILES string of the molecule is CCCOc1cc(C)ccc1NS(=O)(=O)c1cc(N)cs1. The molecule has 0 unspecified atom stereocenters. The first kappa shape index (κ1) is 15.7. The number of hydrogen-bond acceptors (Lipinski definition) is 5. The van der Waals surface area contributed by atoms with Crippen LogP contribution in [0, 0.1) is 6.92 Å². The lowest BCUT2D eigenvalue weighted by molar-refractivity contribution is 0.319. The van der Waals surface area contributed by atoms with Crippen LogP contribution in [-0.2, 0) is 10.0 Å². The van der Waals surface area contributed by atoms with Gasteiger partial charge in [0.15, 0.2) is 0 Å². The second-order valence-corrected chi connectivity index (χ2v) is 7.47. The van der Waals surface area contributed by atoms with Crippen molar-refractivity contribution in [1.29, 1.82) is 0 Å². The number of aryl methyl sites for hydroxylation is 1. The van der Waals surface area contributed by atoms with Crippen LogP contribution in [0.3, 0.4) is 0 Å². The fraction of sp³-hybridized carbons (Fsp3) is 0.286. The van der Waals surface area contributed by atoms with Gasteiger partial charge in [0.25, 0.3) is 10.0 Å². The van der Waals surface area contributed by atoms with Crippen LogP contribution >= 0.6 is 11.3 Å². The predicted octanol–water partition coefficient (Wildman–Crippen LogP) is 3.23. The molecule has 3 N–H and O–H groups in total. The Labute approximate surface area is 128 Å². The van der Waals surface area contributed by atoms with Gasteiger partial charge in [-0.05, 0) is 37.1 Å². The van der Waals surface area contributed by atoms with E-state index in [-0.39, 0.29) is 4.21 Å². The van der Waals surface area contributed by atoms with Gasteiger partial charge in [0.2, 0.25) is 0 Å². The number of anilines is 2. The fourth-order valence-corrected chi connectivity index (χ4v) is 3.86. The van der Waals surface area contributed by atoms with Crippen LogP contribution in [0.5, 0.6) is 5.75 Å². The Morgan fingerprint density at radius 3 is 2.71 bits per heavy atom. The standard InChI is InChI=1S/C14H18N2O3S2/c1-3-6-19-13-7-10(2)4-5-12(13)16-21(17,18)14-8-11(15)9-20-14/h4-5,7-9,16H,3,6,15H2,1-2H3. The highest BCUT2D eigenvalue weighted by Gasteiger charge is 2.18. The minimum Gasteiger partial charge on any atom is -0.491 e. The van der Waals surface area contributed by atoms with Gasteiger partial charge in [0, 0.05) is 11.1 Å². The zero-order chi connectivity index (χ0) is 15.5. The Balaban J connectivity index is 2.30. The molecule has 0 amide bonds. The summed E-state index contributed by atoms with van der Waals surface area (Å²) in [5, 5.41) is 1.60. The van der Waals surface area contributed by atoms with E-state index in [2.05, 4.69) is 4.72 Å². The van der Waals surface area contributed by atoms with E-state index in [1.165, 1.54) is 6.07 Å². The van der Waals surface area contributed by atoms with Crippen LogP contribution in [0.1, 0.15) is 18.9 Å². The topological polar surface area (TPSA) is 81.4 Å². The molecule has 0 spiro atoms. The molecule has 0 radical (unpaired) electrons. The molecule has 0 aliphatic heterocycles. The molecule has 21 heavy (non-hydrogen) atoms. The van der Waals surface area contributed by atoms with Crippen LogP contribution in [0.4, 0.5) is 11.4 Å². The van der Waals surface area contributed by atoms with Crippen LogP contribution in [0.15, 0.2) is 33.9 Å². The van der Waals surface area contributed by atoms with Gasteiger partial charge in [-0.2, -0.15) is 0 Å². The average molecular weight is 326 g/mol. The van der Waals surface area contributed by atoms with Gasteiger partial charge in [-0.15, -0.1) is 11.3 Å². The molecular formula is C14H18N2O3S2. The van der Waals surface area contributed by atoms with E-state index < -0.39 is 10.0 Å². The first-order chi connectivity index (χ1) is 9.92. The number of rotatable bonds is 6. The summed E-state index contributed by atoms with van der Waals surface area (Å²) in [4.78, 5) is 0. The first-order valence-electron chi connectivity index (χ1n) is 6.52. The van der Waals surface area contributed by atoms with Crippen LogP contribution in [0.2, 0.25) is 0 Å².